The van der Waals surface area contributed by atoms with E-state index in [0.29, 0.717) is 12.0 Å². The maximum absolute atomic E-state index is 6.13. The molecule has 0 amide bonds. The summed E-state index contributed by atoms with van der Waals surface area (Å²) in [5.41, 5.74) is -0.0166. The van der Waals surface area contributed by atoms with Gasteiger partial charge in [0.2, 0.25) is 0 Å². The van der Waals surface area contributed by atoms with Gasteiger partial charge in [0.05, 0.1) is 11.7 Å². The number of nitrogens with zero attached hydrogens (tertiary/aromatic N) is 1. The van der Waals surface area contributed by atoms with Crippen LogP contribution in [0.5, 0.6) is 0 Å². The van der Waals surface area contributed by atoms with Crippen LogP contribution in [-0.2, 0) is 4.74 Å². The van der Waals surface area contributed by atoms with Crippen LogP contribution < -0.4 is 0 Å². The zero-order valence-electron chi connectivity index (χ0n) is 11.2. The number of rotatable bonds is 4. The van der Waals surface area contributed by atoms with Crippen molar-refractivity contribution in [3.63, 3.8) is 0 Å². The van der Waals surface area contributed by atoms with E-state index in [2.05, 4.69) is 46.6 Å². The molecule has 1 heterocycles. The maximum Gasteiger partial charge on any atom is 0.0620 e. The molecular formula is C13H27NO. The first kappa shape index (κ1) is 13.0. The second kappa shape index (κ2) is 4.84. The number of ether oxygens (including phenoxy) is 1. The topological polar surface area (TPSA) is 12.5 Å². The van der Waals surface area contributed by atoms with Crippen molar-refractivity contribution in [2.75, 3.05) is 13.6 Å². The van der Waals surface area contributed by atoms with E-state index >= 15 is 0 Å². The van der Waals surface area contributed by atoms with E-state index in [1.165, 1.54) is 19.4 Å². The number of hydrogen-bond donors (Lipinski definition) is 0. The van der Waals surface area contributed by atoms with Crippen LogP contribution in [0.2, 0.25) is 0 Å². The van der Waals surface area contributed by atoms with Crippen LogP contribution in [-0.4, -0.2) is 36.2 Å². The first-order chi connectivity index (χ1) is 6.79. The first-order valence-corrected chi connectivity index (χ1v) is 6.17. The lowest BCUT2D eigenvalue weighted by Gasteiger charge is -2.42. The molecule has 2 heteroatoms. The summed E-state index contributed by atoms with van der Waals surface area (Å²) in [6.45, 7) is 12.2. The zero-order chi connectivity index (χ0) is 11.6. The van der Waals surface area contributed by atoms with Crippen LogP contribution in [0.3, 0.4) is 0 Å². The van der Waals surface area contributed by atoms with Gasteiger partial charge in [-0.3, -0.25) is 0 Å². The third-order valence-electron chi connectivity index (χ3n) is 3.19. The fourth-order valence-corrected chi connectivity index (χ4v) is 2.05. The van der Waals surface area contributed by atoms with Gasteiger partial charge in [-0.2, -0.15) is 0 Å². The quantitative estimate of drug-likeness (QED) is 0.712. The highest BCUT2D eigenvalue weighted by Crippen LogP contribution is 2.26. The molecule has 2 atom stereocenters. The molecule has 0 N–H and O–H groups in total. The molecular weight excluding hydrogens is 186 g/mol. The van der Waals surface area contributed by atoms with Crippen LogP contribution in [0.4, 0.5) is 0 Å². The SMILES string of the molecule is CC(C)C(CC1CCN1C)OC(C)(C)C. The highest BCUT2D eigenvalue weighted by atomic mass is 16.5. The van der Waals surface area contributed by atoms with Gasteiger partial charge < -0.3 is 9.64 Å². The van der Waals surface area contributed by atoms with E-state index in [4.69, 9.17) is 4.74 Å². The molecule has 0 aromatic carbocycles. The summed E-state index contributed by atoms with van der Waals surface area (Å²) in [7, 11) is 2.21. The van der Waals surface area contributed by atoms with E-state index in [1.807, 2.05) is 0 Å². The minimum absolute atomic E-state index is 0.0166. The molecule has 0 saturated carbocycles. The second-order valence-corrected chi connectivity index (χ2v) is 6.17. The minimum Gasteiger partial charge on any atom is -0.372 e. The fourth-order valence-electron chi connectivity index (χ4n) is 2.05. The van der Waals surface area contributed by atoms with Crippen molar-refractivity contribution in [3.05, 3.63) is 0 Å². The lowest BCUT2D eigenvalue weighted by atomic mass is 9.92. The Balaban J connectivity index is 2.43. The van der Waals surface area contributed by atoms with Crippen molar-refractivity contribution >= 4 is 0 Å². The molecule has 2 unspecified atom stereocenters. The maximum atomic E-state index is 6.13. The van der Waals surface area contributed by atoms with E-state index in [1.54, 1.807) is 0 Å². The number of hydrogen-bond acceptors (Lipinski definition) is 2. The zero-order valence-corrected chi connectivity index (χ0v) is 11.2. The smallest absolute Gasteiger partial charge is 0.0620 e. The molecule has 0 radical (unpaired) electrons. The Bertz CT molecular complexity index is 195. The van der Waals surface area contributed by atoms with Crippen LogP contribution in [0, 0.1) is 5.92 Å². The van der Waals surface area contributed by atoms with Crippen molar-refractivity contribution in [1.29, 1.82) is 0 Å². The van der Waals surface area contributed by atoms with Crippen LogP contribution >= 0.6 is 0 Å². The molecule has 1 aliphatic heterocycles. The van der Waals surface area contributed by atoms with E-state index < -0.39 is 0 Å². The van der Waals surface area contributed by atoms with Gasteiger partial charge in [-0.05, 0) is 53.1 Å². The van der Waals surface area contributed by atoms with Crippen molar-refractivity contribution < 1.29 is 4.74 Å². The van der Waals surface area contributed by atoms with E-state index in [-0.39, 0.29) is 5.60 Å². The van der Waals surface area contributed by atoms with Gasteiger partial charge in [0.1, 0.15) is 0 Å². The predicted octanol–water partition coefficient (Wildman–Crippen LogP) is 2.92. The molecule has 1 fully saturated rings. The second-order valence-electron chi connectivity index (χ2n) is 6.17. The monoisotopic (exact) mass is 213 g/mol. The van der Waals surface area contributed by atoms with Gasteiger partial charge in [-0.25, -0.2) is 0 Å². The average Bonchev–Trinajstić information content (AvgIpc) is 2.07. The summed E-state index contributed by atoms with van der Waals surface area (Å²) in [6.07, 6.45) is 2.93. The molecule has 0 bridgehead atoms. The van der Waals surface area contributed by atoms with Crippen LogP contribution in [0.25, 0.3) is 0 Å². The van der Waals surface area contributed by atoms with Crippen LogP contribution in [0.1, 0.15) is 47.5 Å². The average molecular weight is 213 g/mol. The summed E-state index contributed by atoms with van der Waals surface area (Å²) in [5.74, 6) is 0.609. The van der Waals surface area contributed by atoms with Crippen molar-refractivity contribution in [1.82, 2.24) is 4.90 Å². The van der Waals surface area contributed by atoms with Crippen LogP contribution in [0.15, 0.2) is 0 Å². The molecule has 90 valence electrons. The van der Waals surface area contributed by atoms with Crippen molar-refractivity contribution in [2.45, 2.75) is 65.2 Å². The molecule has 0 aromatic heterocycles. The number of likely N-dealkylation sites (tertiary alicyclic amines) is 1. The highest BCUT2D eigenvalue weighted by Gasteiger charge is 2.30. The third kappa shape index (κ3) is 4.12. The normalized spacial score (nSPS) is 25.4. The first-order valence-electron chi connectivity index (χ1n) is 6.17. The van der Waals surface area contributed by atoms with Gasteiger partial charge in [-0.15, -0.1) is 0 Å². The molecule has 1 rings (SSSR count). The minimum atomic E-state index is -0.0166. The van der Waals surface area contributed by atoms with Gasteiger partial charge in [0, 0.05) is 6.04 Å². The Kier molecular flexibility index (Phi) is 4.19. The van der Waals surface area contributed by atoms with Gasteiger partial charge in [-0.1, -0.05) is 13.8 Å². The third-order valence-corrected chi connectivity index (χ3v) is 3.19. The Morgan fingerprint density at radius 1 is 1.33 bits per heavy atom. The summed E-state index contributed by atoms with van der Waals surface area (Å²) in [5, 5.41) is 0. The summed E-state index contributed by atoms with van der Waals surface area (Å²) < 4.78 is 6.13. The molecule has 0 spiro atoms. The van der Waals surface area contributed by atoms with Gasteiger partial charge >= 0.3 is 0 Å². The molecule has 0 aliphatic carbocycles. The molecule has 1 aliphatic rings. The van der Waals surface area contributed by atoms with Crippen molar-refractivity contribution in [2.24, 2.45) is 5.92 Å². The van der Waals surface area contributed by atoms with Gasteiger partial charge in [0.15, 0.2) is 0 Å². The summed E-state index contributed by atoms with van der Waals surface area (Å²) in [4.78, 5) is 2.43. The van der Waals surface area contributed by atoms with Crippen molar-refractivity contribution in [3.8, 4) is 0 Å². The lowest BCUT2D eigenvalue weighted by molar-refractivity contribution is -0.0965. The highest BCUT2D eigenvalue weighted by molar-refractivity contribution is 4.84. The standard InChI is InChI=1S/C13H27NO/c1-10(2)12(15-13(3,4)5)9-11-7-8-14(11)6/h10-12H,7-9H2,1-6H3. The lowest BCUT2D eigenvalue weighted by Crippen LogP contribution is -2.48. The molecule has 15 heavy (non-hydrogen) atoms. The Morgan fingerprint density at radius 3 is 2.20 bits per heavy atom. The molecule has 0 aromatic rings. The summed E-state index contributed by atoms with van der Waals surface area (Å²) in [6, 6.07) is 0.750. The molecule has 2 nitrogen and oxygen atoms in total. The largest absolute Gasteiger partial charge is 0.372 e. The van der Waals surface area contributed by atoms with E-state index in [0.717, 1.165) is 6.04 Å². The Morgan fingerprint density at radius 2 is 1.93 bits per heavy atom. The Hall–Kier alpha value is -0.0800. The Labute approximate surface area is 95.0 Å². The van der Waals surface area contributed by atoms with E-state index in [9.17, 15) is 0 Å². The predicted molar refractivity (Wildman–Crippen MR) is 65.1 cm³/mol. The summed E-state index contributed by atoms with van der Waals surface area (Å²) >= 11 is 0. The van der Waals surface area contributed by atoms with Gasteiger partial charge in [0.25, 0.3) is 0 Å². The molecule has 1 saturated heterocycles. The fraction of sp³-hybridized carbons (Fsp3) is 1.00.